The molecule has 0 heterocycles. The number of carbonyl (C=O) groups is 3. The van der Waals surface area contributed by atoms with Crippen molar-refractivity contribution in [2.75, 3.05) is 0 Å². The first-order valence-corrected chi connectivity index (χ1v) is 6.04. The van der Waals surface area contributed by atoms with Crippen LogP contribution in [0.3, 0.4) is 0 Å². The van der Waals surface area contributed by atoms with E-state index in [4.69, 9.17) is 4.74 Å². The van der Waals surface area contributed by atoms with Gasteiger partial charge >= 0.3 is 6.09 Å². The molecule has 0 rings (SSSR count). The summed E-state index contributed by atoms with van der Waals surface area (Å²) in [6.07, 6.45) is -0.809. The third-order valence-electron chi connectivity index (χ3n) is 2.11. The number of ether oxygens (including phenoxy) is 1. The SMILES string of the molecule is CC(=O)CC(=O)[C@@H](NC(=O)OC(C)(C)C)C(C)C. The van der Waals surface area contributed by atoms with Crippen molar-refractivity contribution >= 4 is 17.7 Å². The molecule has 5 nitrogen and oxygen atoms in total. The lowest BCUT2D eigenvalue weighted by Crippen LogP contribution is -2.46. The van der Waals surface area contributed by atoms with Gasteiger partial charge in [-0.1, -0.05) is 13.8 Å². The highest BCUT2D eigenvalue weighted by Gasteiger charge is 2.27. The molecular formula is C13H23NO4. The van der Waals surface area contributed by atoms with Gasteiger partial charge in [0.1, 0.15) is 11.4 Å². The Balaban J connectivity index is 4.59. The lowest BCUT2D eigenvalue weighted by molar-refractivity contribution is -0.127. The Morgan fingerprint density at radius 1 is 1.17 bits per heavy atom. The lowest BCUT2D eigenvalue weighted by Gasteiger charge is -2.24. The zero-order chi connectivity index (χ0) is 14.5. The van der Waals surface area contributed by atoms with Gasteiger partial charge in [0.25, 0.3) is 0 Å². The molecule has 18 heavy (non-hydrogen) atoms. The van der Waals surface area contributed by atoms with Crippen LogP contribution in [0, 0.1) is 5.92 Å². The van der Waals surface area contributed by atoms with E-state index in [1.54, 1.807) is 34.6 Å². The fourth-order valence-electron chi connectivity index (χ4n) is 1.41. The molecule has 1 N–H and O–H groups in total. The second-order valence-electron chi connectivity index (χ2n) is 5.71. The Morgan fingerprint density at radius 2 is 1.67 bits per heavy atom. The minimum Gasteiger partial charge on any atom is -0.444 e. The molecule has 0 saturated carbocycles. The summed E-state index contributed by atoms with van der Waals surface area (Å²) in [6.45, 7) is 10.2. The van der Waals surface area contributed by atoms with Crippen LogP contribution in [-0.2, 0) is 14.3 Å². The Morgan fingerprint density at radius 3 is 2.00 bits per heavy atom. The summed E-state index contributed by atoms with van der Waals surface area (Å²) < 4.78 is 5.09. The molecule has 5 heteroatoms. The molecule has 0 bridgehead atoms. The zero-order valence-corrected chi connectivity index (χ0v) is 12.0. The number of rotatable bonds is 5. The van der Waals surface area contributed by atoms with Crippen LogP contribution in [0.15, 0.2) is 0 Å². The molecular weight excluding hydrogens is 234 g/mol. The van der Waals surface area contributed by atoms with Gasteiger partial charge in [0.2, 0.25) is 0 Å². The quantitative estimate of drug-likeness (QED) is 0.765. The van der Waals surface area contributed by atoms with Crippen LogP contribution in [0.25, 0.3) is 0 Å². The van der Waals surface area contributed by atoms with Crippen LogP contribution in [-0.4, -0.2) is 29.3 Å². The van der Waals surface area contributed by atoms with E-state index in [1.807, 2.05) is 0 Å². The number of ketones is 2. The average Bonchev–Trinajstić information content (AvgIpc) is 2.09. The van der Waals surface area contributed by atoms with Crippen LogP contribution in [0.2, 0.25) is 0 Å². The van der Waals surface area contributed by atoms with E-state index in [-0.39, 0.29) is 23.9 Å². The van der Waals surface area contributed by atoms with E-state index in [0.717, 1.165) is 0 Å². The molecule has 0 radical (unpaired) electrons. The van der Waals surface area contributed by atoms with Gasteiger partial charge in [-0.05, 0) is 33.6 Å². The van der Waals surface area contributed by atoms with E-state index in [9.17, 15) is 14.4 Å². The Kier molecular flexibility index (Phi) is 6.01. The molecule has 0 aliphatic rings. The number of amides is 1. The van der Waals surface area contributed by atoms with Crippen LogP contribution in [0.5, 0.6) is 0 Å². The fraction of sp³-hybridized carbons (Fsp3) is 0.769. The number of nitrogens with one attached hydrogen (secondary N) is 1. The second kappa shape index (κ2) is 6.52. The maximum Gasteiger partial charge on any atom is 0.408 e. The van der Waals surface area contributed by atoms with E-state index < -0.39 is 17.7 Å². The number of Topliss-reactive ketones (excluding diaryl/α,β-unsaturated/α-hetero) is 2. The Bertz CT molecular complexity index is 328. The molecule has 0 spiro atoms. The van der Waals surface area contributed by atoms with Crippen LogP contribution < -0.4 is 5.32 Å². The van der Waals surface area contributed by atoms with E-state index in [2.05, 4.69) is 5.32 Å². The zero-order valence-electron chi connectivity index (χ0n) is 12.0. The monoisotopic (exact) mass is 257 g/mol. The van der Waals surface area contributed by atoms with Crippen molar-refractivity contribution in [2.24, 2.45) is 5.92 Å². The molecule has 0 aliphatic carbocycles. The maximum absolute atomic E-state index is 11.8. The van der Waals surface area contributed by atoms with Crippen molar-refractivity contribution in [3.63, 3.8) is 0 Å². The van der Waals surface area contributed by atoms with Gasteiger partial charge in [-0.15, -0.1) is 0 Å². The minimum absolute atomic E-state index is 0.0932. The minimum atomic E-state index is -0.691. The van der Waals surface area contributed by atoms with Gasteiger partial charge in [-0.2, -0.15) is 0 Å². The van der Waals surface area contributed by atoms with Crippen molar-refractivity contribution in [2.45, 2.75) is 59.6 Å². The first-order valence-electron chi connectivity index (χ1n) is 6.04. The molecule has 0 fully saturated rings. The number of hydrogen-bond donors (Lipinski definition) is 1. The molecule has 0 aromatic carbocycles. The van der Waals surface area contributed by atoms with Gasteiger partial charge in [-0.25, -0.2) is 4.79 Å². The maximum atomic E-state index is 11.8. The molecule has 0 aromatic heterocycles. The highest BCUT2D eigenvalue weighted by molar-refractivity contribution is 6.01. The van der Waals surface area contributed by atoms with Crippen LogP contribution in [0.4, 0.5) is 4.79 Å². The molecule has 1 atom stereocenters. The molecule has 104 valence electrons. The van der Waals surface area contributed by atoms with Crippen molar-refractivity contribution < 1.29 is 19.1 Å². The molecule has 1 amide bonds. The Hall–Kier alpha value is -1.39. The first-order chi connectivity index (χ1) is 8.03. The van der Waals surface area contributed by atoms with Gasteiger partial charge in [0, 0.05) is 0 Å². The summed E-state index contributed by atoms with van der Waals surface area (Å²) in [5.41, 5.74) is -0.616. The number of hydrogen-bond acceptors (Lipinski definition) is 4. The first kappa shape index (κ1) is 16.6. The normalized spacial score (nSPS) is 13.1. The van der Waals surface area contributed by atoms with E-state index >= 15 is 0 Å². The summed E-state index contributed by atoms with van der Waals surface area (Å²) in [5.74, 6) is -0.593. The van der Waals surface area contributed by atoms with Crippen LogP contribution in [0.1, 0.15) is 48.0 Å². The summed E-state index contributed by atoms with van der Waals surface area (Å²) in [4.78, 5) is 34.3. The number of carbonyl (C=O) groups excluding carboxylic acids is 3. The van der Waals surface area contributed by atoms with E-state index in [0.29, 0.717) is 0 Å². The fourth-order valence-corrected chi connectivity index (χ4v) is 1.41. The summed E-state index contributed by atoms with van der Waals surface area (Å²) >= 11 is 0. The van der Waals surface area contributed by atoms with Gasteiger partial charge in [0.15, 0.2) is 5.78 Å². The van der Waals surface area contributed by atoms with Gasteiger partial charge in [-0.3, -0.25) is 9.59 Å². The predicted molar refractivity (Wildman–Crippen MR) is 68.3 cm³/mol. The molecule has 0 saturated heterocycles. The van der Waals surface area contributed by atoms with Gasteiger partial charge in [0.05, 0.1) is 12.5 Å². The van der Waals surface area contributed by atoms with Crippen molar-refractivity contribution in [3.8, 4) is 0 Å². The van der Waals surface area contributed by atoms with E-state index in [1.165, 1.54) is 6.92 Å². The Labute approximate surface area is 108 Å². The molecule has 0 unspecified atom stereocenters. The van der Waals surface area contributed by atoms with Crippen molar-refractivity contribution in [1.29, 1.82) is 0 Å². The highest BCUT2D eigenvalue weighted by atomic mass is 16.6. The number of alkyl carbamates (subject to hydrolysis) is 1. The summed E-state index contributed by atoms with van der Waals surface area (Å²) in [7, 11) is 0. The smallest absolute Gasteiger partial charge is 0.408 e. The van der Waals surface area contributed by atoms with Crippen molar-refractivity contribution in [1.82, 2.24) is 5.32 Å². The average molecular weight is 257 g/mol. The third-order valence-corrected chi connectivity index (χ3v) is 2.11. The highest BCUT2D eigenvalue weighted by Crippen LogP contribution is 2.10. The van der Waals surface area contributed by atoms with Crippen LogP contribution >= 0.6 is 0 Å². The topological polar surface area (TPSA) is 72.5 Å². The largest absolute Gasteiger partial charge is 0.444 e. The third kappa shape index (κ3) is 7.04. The summed E-state index contributed by atoms with van der Waals surface area (Å²) in [5, 5.41) is 2.52. The van der Waals surface area contributed by atoms with Crippen molar-refractivity contribution in [3.05, 3.63) is 0 Å². The predicted octanol–water partition coefficient (Wildman–Crippen LogP) is 2.08. The summed E-state index contributed by atoms with van der Waals surface area (Å²) in [6, 6.07) is -0.691. The lowest BCUT2D eigenvalue weighted by atomic mass is 9.97. The second-order valence-corrected chi connectivity index (χ2v) is 5.71. The van der Waals surface area contributed by atoms with Gasteiger partial charge < -0.3 is 10.1 Å². The molecule has 0 aliphatic heterocycles. The standard InChI is InChI=1S/C13H23NO4/c1-8(2)11(10(16)7-9(3)15)14-12(17)18-13(4,5)6/h8,11H,7H2,1-6H3,(H,14,17)/t11-/m0/s1. The molecule has 0 aromatic rings.